The van der Waals surface area contributed by atoms with Gasteiger partial charge in [-0.3, -0.25) is 0 Å². The van der Waals surface area contributed by atoms with Crippen molar-refractivity contribution in [3.63, 3.8) is 0 Å². The molecular formula is C9H11N3S2. The van der Waals surface area contributed by atoms with Crippen LogP contribution in [0.2, 0.25) is 0 Å². The van der Waals surface area contributed by atoms with E-state index < -0.39 is 0 Å². The molecule has 0 unspecified atom stereocenters. The SMILES string of the molecule is CSC(=NC#N)N(C)Cc1ccsc1. The molecule has 3 nitrogen and oxygen atoms in total. The van der Waals surface area contributed by atoms with Crippen LogP contribution in [0, 0.1) is 11.5 Å². The van der Waals surface area contributed by atoms with E-state index in [0.717, 1.165) is 11.7 Å². The summed E-state index contributed by atoms with van der Waals surface area (Å²) in [7, 11) is 1.93. The minimum Gasteiger partial charge on any atom is -0.349 e. The fourth-order valence-corrected chi connectivity index (χ4v) is 2.22. The average Bonchev–Trinajstić information content (AvgIpc) is 2.66. The lowest BCUT2D eigenvalue weighted by Gasteiger charge is -2.17. The molecule has 0 amide bonds. The van der Waals surface area contributed by atoms with E-state index in [-0.39, 0.29) is 0 Å². The van der Waals surface area contributed by atoms with Crippen LogP contribution < -0.4 is 0 Å². The summed E-state index contributed by atoms with van der Waals surface area (Å²) in [5, 5.41) is 13.4. The van der Waals surface area contributed by atoms with Crippen LogP contribution in [0.25, 0.3) is 0 Å². The Hall–Kier alpha value is -0.990. The quantitative estimate of drug-likeness (QED) is 0.441. The van der Waals surface area contributed by atoms with Crippen molar-refractivity contribution in [2.75, 3.05) is 13.3 Å². The van der Waals surface area contributed by atoms with Gasteiger partial charge in [-0.2, -0.15) is 16.6 Å². The lowest BCUT2D eigenvalue weighted by atomic mass is 10.3. The predicted octanol–water partition coefficient (Wildman–Crippen LogP) is 2.38. The summed E-state index contributed by atoms with van der Waals surface area (Å²) < 4.78 is 0. The molecule has 14 heavy (non-hydrogen) atoms. The van der Waals surface area contributed by atoms with E-state index in [1.807, 2.05) is 29.8 Å². The van der Waals surface area contributed by atoms with E-state index in [2.05, 4.69) is 16.4 Å². The molecule has 1 aromatic heterocycles. The van der Waals surface area contributed by atoms with E-state index in [0.29, 0.717) is 0 Å². The molecule has 0 aromatic carbocycles. The van der Waals surface area contributed by atoms with Gasteiger partial charge >= 0.3 is 0 Å². The number of thiophene rings is 1. The minimum atomic E-state index is 0.749. The Morgan fingerprint density at radius 2 is 2.57 bits per heavy atom. The number of aliphatic imine (C=N–C) groups is 1. The highest BCUT2D eigenvalue weighted by atomic mass is 32.2. The van der Waals surface area contributed by atoms with Gasteiger partial charge < -0.3 is 4.90 Å². The predicted molar refractivity (Wildman–Crippen MR) is 62.3 cm³/mol. The van der Waals surface area contributed by atoms with Gasteiger partial charge in [-0.1, -0.05) is 11.8 Å². The van der Waals surface area contributed by atoms with Gasteiger partial charge in [0.25, 0.3) is 0 Å². The Bertz CT molecular complexity index is 337. The summed E-state index contributed by atoms with van der Waals surface area (Å²) in [6.45, 7) is 0.796. The van der Waals surface area contributed by atoms with Crippen molar-refractivity contribution in [2.24, 2.45) is 4.99 Å². The smallest absolute Gasteiger partial charge is 0.208 e. The molecule has 0 atom stereocenters. The van der Waals surface area contributed by atoms with Crippen LogP contribution in [0.15, 0.2) is 21.8 Å². The molecule has 0 saturated carbocycles. The van der Waals surface area contributed by atoms with E-state index in [1.54, 1.807) is 11.3 Å². The van der Waals surface area contributed by atoms with Gasteiger partial charge in [0, 0.05) is 13.6 Å². The fourth-order valence-electron chi connectivity index (χ4n) is 1.05. The van der Waals surface area contributed by atoms with Gasteiger partial charge in [0.1, 0.15) is 0 Å². The van der Waals surface area contributed by atoms with E-state index in [9.17, 15) is 0 Å². The van der Waals surface area contributed by atoms with Gasteiger partial charge in [0.05, 0.1) is 0 Å². The number of rotatable bonds is 2. The number of hydrogen-bond donors (Lipinski definition) is 0. The van der Waals surface area contributed by atoms with Crippen LogP contribution in [0.1, 0.15) is 5.56 Å². The van der Waals surface area contributed by atoms with E-state index in [4.69, 9.17) is 5.26 Å². The van der Waals surface area contributed by atoms with Crippen molar-refractivity contribution >= 4 is 28.3 Å². The third kappa shape index (κ3) is 3.05. The molecule has 0 fully saturated rings. The molecule has 0 spiro atoms. The summed E-state index contributed by atoms with van der Waals surface area (Å²) in [4.78, 5) is 5.71. The second kappa shape index (κ2) is 5.68. The first-order valence-electron chi connectivity index (χ1n) is 4.01. The van der Waals surface area contributed by atoms with Gasteiger partial charge in [0.2, 0.25) is 6.19 Å². The Kier molecular flexibility index (Phi) is 4.50. The van der Waals surface area contributed by atoms with Crippen LogP contribution in [-0.4, -0.2) is 23.4 Å². The normalized spacial score (nSPS) is 11.1. The number of thioether (sulfide) groups is 1. The third-order valence-electron chi connectivity index (χ3n) is 1.65. The number of hydrogen-bond acceptors (Lipinski definition) is 4. The summed E-state index contributed by atoms with van der Waals surface area (Å²) >= 11 is 3.16. The Labute approximate surface area is 92.1 Å². The molecule has 1 heterocycles. The number of amidine groups is 1. The number of nitrogens with zero attached hydrogens (tertiary/aromatic N) is 3. The molecule has 0 aliphatic rings. The standard InChI is InChI=1S/C9H11N3S2/c1-12(9(13-2)11-7-10)5-8-3-4-14-6-8/h3-4,6H,5H2,1-2H3. The molecule has 0 saturated heterocycles. The second-order valence-corrected chi connectivity index (χ2v) is 4.24. The largest absolute Gasteiger partial charge is 0.349 e. The highest BCUT2D eigenvalue weighted by molar-refractivity contribution is 8.13. The lowest BCUT2D eigenvalue weighted by Crippen LogP contribution is -2.22. The van der Waals surface area contributed by atoms with Crippen molar-refractivity contribution in [3.05, 3.63) is 22.4 Å². The van der Waals surface area contributed by atoms with E-state index >= 15 is 0 Å². The van der Waals surface area contributed by atoms with Crippen LogP contribution in [0.3, 0.4) is 0 Å². The van der Waals surface area contributed by atoms with Crippen LogP contribution in [0.4, 0.5) is 0 Å². The molecule has 1 rings (SSSR count). The molecule has 74 valence electrons. The van der Waals surface area contributed by atoms with Crippen LogP contribution in [0.5, 0.6) is 0 Å². The second-order valence-electron chi connectivity index (χ2n) is 2.69. The Morgan fingerprint density at radius 3 is 3.07 bits per heavy atom. The maximum atomic E-state index is 8.47. The summed E-state index contributed by atoms with van der Waals surface area (Å²) in [6, 6.07) is 2.07. The topological polar surface area (TPSA) is 39.4 Å². The molecule has 0 bridgehead atoms. The Morgan fingerprint density at radius 1 is 1.79 bits per heavy atom. The van der Waals surface area contributed by atoms with Gasteiger partial charge in [-0.25, -0.2) is 0 Å². The maximum absolute atomic E-state index is 8.47. The zero-order valence-electron chi connectivity index (χ0n) is 8.10. The summed E-state index contributed by atoms with van der Waals surface area (Å²) in [5.41, 5.74) is 1.25. The minimum absolute atomic E-state index is 0.749. The van der Waals surface area contributed by atoms with Crippen molar-refractivity contribution in [1.29, 1.82) is 5.26 Å². The molecule has 0 radical (unpaired) electrons. The van der Waals surface area contributed by atoms with Crippen LogP contribution in [-0.2, 0) is 6.54 Å². The van der Waals surface area contributed by atoms with Crippen molar-refractivity contribution in [1.82, 2.24) is 4.90 Å². The van der Waals surface area contributed by atoms with Gasteiger partial charge in [-0.05, 0) is 28.6 Å². The monoisotopic (exact) mass is 225 g/mol. The highest BCUT2D eigenvalue weighted by Crippen LogP contribution is 2.11. The highest BCUT2D eigenvalue weighted by Gasteiger charge is 2.05. The lowest BCUT2D eigenvalue weighted by molar-refractivity contribution is 0.512. The molecule has 5 heteroatoms. The first kappa shape index (κ1) is 11.1. The fraction of sp³-hybridized carbons (Fsp3) is 0.333. The molecular weight excluding hydrogens is 214 g/mol. The molecule has 0 aliphatic carbocycles. The van der Waals surface area contributed by atoms with Crippen molar-refractivity contribution < 1.29 is 0 Å². The zero-order chi connectivity index (χ0) is 10.4. The number of nitriles is 1. The van der Waals surface area contributed by atoms with Gasteiger partial charge in [0.15, 0.2) is 5.17 Å². The summed E-state index contributed by atoms with van der Waals surface area (Å²) in [5.74, 6) is 0. The zero-order valence-corrected chi connectivity index (χ0v) is 9.73. The maximum Gasteiger partial charge on any atom is 0.208 e. The summed E-state index contributed by atoms with van der Waals surface area (Å²) in [6.07, 6.45) is 3.72. The van der Waals surface area contributed by atoms with Crippen LogP contribution >= 0.6 is 23.1 Å². The van der Waals surface area contributed by atoms with E-state index in [1.165, 1.54) is 17.3 Å². The first-order chi connectivity index (χ1) is 6.77. The molecule has 0 N–H and O–H groups in total. The third-order valence-corrected chi connectivity index (χ3v) is 3.15. The van der Waals surface area contributed by atoms with Gasteiger partial charge in [-0.15, -0.1) is 4.99 Å². The average molecular weight is 225 g/mol. The Balaban J connectivity index is 2.62. The van der Waals surface area contributed by atoms with Crippen molar-refractivity contribution in [2.45, 2.75) is 6.54 Å². The first-order valence-corrected chi connectivity index (χ1v) is 6.17. The van der Waals surface area contributed by atoms with Crippen molar-refractivity contribution in [3.8, 4) is 6.19 Å². The molecule has 0 aliphatic heterocycles. The molecule has 1 aromatic rings.